The first-order chi connectivity index (χ1) is 8.15. The summed E-state index contributed by atoms with van der Waals surface area (Å²) in [4.78, 5) is 4.66. The molecular weight excluding hydrogens is 218 g/mol. The van der Waals surface area contributed by atoms with Gasteiger partial charge in [-0.15, -0.1) is 0 Å². The largest absolute Gasteiger partial charge is 0.493 e. The lowest BCUT2D eigenvalue weighted by Crippen LogP contribution is -2.08. The van der Waals surface area contributed by atoms with E-state index in [0.717, 1.165) is 17.1 Å². The maximum Gasteiger partial charge on any atom is 0.164 e. The summed E-state index contributed by atoms with van der Waals surface area (Å²) < 4.78 is 10.7. The Morgan fingerprint density at radius 1 is 1.18 bits per heavy atom. The highest BCUT2D eigenvalue weighted by atomic mass is 16.6. The molecule has 96 valence electrons. The Balaban J connectivity index is 3.23. The van der Waals surface area contributed by atoms with Gasteiger partial charge in [0.05, 0.1) is 20.8 Å². The fraction of sp³-hybridized carbons (Fsp3) is 0.538. The molecule has 0 radical (unpaired) electrons. The average Bonchev–Trinajstić information content (AvgIpc) is 2.34. The Hall–Kier alpha value is -1.26. The first-order valence-electron chi connectivity index (χ1n) is 5.71. The maximum absolute atomic E-state index is 5.43. The molecule has 0 bridgehead atoms. The molecule has 0 atom stereocenters. The van der Waals surface area contributed by atoms with E-state index in [-0.39, 0.29) is 0 Å². The van der Waals surface area contributed by atoms with Crippen molar-refractivity contribution in [3.8, 4) is 11.5 Å². The van der Waals surface area contributed by atoms with Crippen LogP contribution in [0.2, 0.25) is 0 Å². The van der Waals surface area contributed by atoms with Crippen molar-refractivity contribution in [3.05, 3.63) is 23.3 Å². The number of hydrogen-bond donors (Lipinski definition) is 1. The normalized spacial score (nSPS) is 10.7. The van der Waals surface area contributed by atoms with Crippen molar-refractivity contribution < 1.29 is 14.3 Å². The van der Waals surface area contributed by atoms with Crippen molar-refractivity contribution >= 4 is 0 Å². The topological polar surface area (TPSA) is 53.7 Å². The van der Waals surface area contributed by atoms with Crippen LogP contribution in [0.15, 0.2) is 12.1 Å². The Bertz CT molecular complexity index is 364. The molecule has 0 aliphatic rings. The highest BCUT2D eigenvalue weighted by Gasteiger charge is 2.16. The van der Waals surface area contributed by atoms with Gasteiger partial charge in [-0.25, -0.2) is 5.90 Å². The lowest BCUT2D eigenvalue weighted by Gasteiger charge is -2.18. The fourth-order valence-corrected chi connectivity index (χ4v) is 1.97. The van der Waals surface area contributed by atoms with Gasteiger partial charge in [0.15, 0.2) is 11.5 Å². The van der Waals surface area contributed by atoms with E-state index in [1.807, 2.05) is 6.07 Å². The zero-order chi connectivity index (χ0) is 12.8. The first kappa shape index (κ1) is 13.8. The fourth-order valence-electron chi connectivity index (χ4n) is 1.97. The van der Waals surface area contributed by atoms with E-state index in [2.05, 4.69) is 24.8 Å². The minimum Gasteiger partial charge on any atom is -0.493 e. The van der Waals surface area contributed by atoms with Crippen LogP contribution in [0, 0.1) is 0 Å². The molecule has 1 aromatic rings. The minimum atomic E-state index is 0.419. The molecule has 17 heavy (non-hydrogen) atoms. The number of hydrogen-bond acceptors (Lipinski definition) is 4. The zero-order valence-corrected chi connectivity index (χ0v) is 10.9. The third kappa shape index (κ3) is 3.11. The van der Waals surface area contributed by atoms with Crippen LogP contribution in [-0.4, -0.2) is 20.8 Å². The molecule has 0 aliphatic carbocycles. The maximum atomic E-state index is 5.43. The van der Waals surface area contributed by atoms with Gasteiger partial charge in [0.2, 0.25) is 0 Å². The second-order valence-electron chi connectivity index (χ2n) is 4.14. The molecule has 0 aromatic heterocycles. The van der Waals surface area contributed by atoms with Gasteiger partial charge in [0.25, 0.3) is 0 Å². The highest BCUT2D eigenvalue weighted by Crippen LogP contribution is 2.36. The predicted octanol–water partition coefficient (Wildman–Crippen LogP) is 2.26. The molecule has 2 N–H and O–H groups in total. The van der Waals surface area contributed by atoms with E-state index in [4.69, 9.17) is 15.4 Å². The van der Waals surface area contributed by atoms with Crippen LogP contribution in [0.3, 0.4) is 0 Å². The Kier molecular flexibility index (Phi) is 5.25. The number of benzene rings is 1. The molecule has 0 amide bonds. The number of methoxy groups -OCH3 is 2. The van der Waals surface area contributed by atoms with Gasteiger partial charge in [-0.2, -0.15) is 0 Å². The van der Waals surface area contributed by atoms with Crippen LogP contribution in [0.4, 0.5) is 0 Å². The second kappa shape index (κ2) is 6.47. The second-order valence-corrected chi connectivity index (χ2v) is 4.14. The van der Waals surface area contributed by atoms with Crippen LogP contribution in [-0.2, 0) is 11.3 Å². The van der Waals surface area contributed by atoms with E-state index in [1.165, 1.54) is 5.56 Å². The van der Waals surface area contributed by atoms with Crippen molar-refractivity contribution in [2.45, 2.75) is 26.2 Å². The van der Waals surface area contributed by atoms with Gasteiger partial charge < -0.3 is 14.3 Å². The highest BCUT2D eigenvalue weighted by molar-refractivity contribution is 5.51. The third-order valence-corrected chi connectivity index (χ3v) is 2.78. The van der Waals surface area contributed by atoms with Crippen molar-refractivity contribution in [2.75, 3.05) is 20.8 Å². The molecule has 0 saturated heterocycles. The Labute approximate surface area is 103 Å². The van der Waals surface area contributed by atoms with Gasteiger partial charge in [-0.05, 0) is 17.5 Å². The average molecular weight is 239 g/mol. The molecule has 0 unspecified atom stereocenters. The summed E-state index contributed by atoms with van der Waals surface area (Å²) in [5.74, 6) is 7.03. The summed E-state index contributed by atoms with van der Waals surface area (Å²) in [7, 11) is 3.28. The van der Waals surface area contributed by atoms with Gasteiger partial charge in [0.1, 0.15) is 0 Å². The summed E-state index contributed by atoms with van der Waals surface area (Å²) in [6.07, 6.45) is 0.713. The summed E-state index contributed by atoms with van der Waals surface area (Å²) in [6, 6.07) is 4.00. The molecule has 4 nitrogen and oxygen atoms in total. The van der Waals surface area contributed by atoms with Crippen LogP contribution in [0.1, 0.15) is 30.9 Å². The van der Waals surface area contributed by atoms with Crippen molar-refractivity contribution in [3.63, 3.8) is 0 Å². The quantitative estimate of drug-likeness (QED) is 0.774. The standard InChI is InChI=1S/C13H21NO3/c1-9(2)10-5-6-12(15-3)13(16-4)11(10)7-8-17-14/h5-6,9H,7-8,14H2,1-4H3. The molecule has 4 heteroatoms. The smallest absolute Gasteiger partial charge is 0.164 e. The number of nitrogens with two attached hydrogens (primary N) is 1. The first-order valence-corrected chi connectivity index (χ1v) is 5.71. The summed E-state index contributed by atoms with van der Waals surface area (Å²) in [6.45, 7) is 4.76. The van der Waals surface area contributed by atoms with Crippen molar-refractivity contribution in [2.24, 2.45) is 5.90 Å². The van der Waals surface area contributed by atoms with E-state index < -0.39 is 0 Å². The van der Waals surface area contributed by atoms with Crippen molar-refractivity contribution in [1.82, 2.24) is 0 Å². The summed E-state index contributed by atoms with van der Waals surface area (Å²) >= 11 is 0. The van der Waals surface area contributed by atoms with E-state index >= 15 is 0 Å². The zero-order valence-electron chi connectivity index (χ0n) is 10.9. The molecule has 0 heterocycles. The monoisotopic (exact) mass is 239 g/mol. The molecule has 0 spiro atoms. The SMILES string of the molecule is COc1ccc(C(C)C)c(CCON)c1OC. The van der Waals surface area contributed by atoms with Gasteiger partial charge in [-0.3, -0.25) is 0 Å². The lowest BCUT2D eigenvalue weighted by molar-refractivity contribution is 0.140. The van der Waals surface area contributed by atoms with Crippen molar-refractivity contribution in [1.29, 1.82) is 0 Å². The van der Waals surface area contributed by atoms with Crippen LogP contribution >= 0.6 is 0 Å². The third-order valence-electron chi connectivity index (χ3n) is 2.78. The summed E-state index contributed by atoms with van der Waals surface area (Å²) in [5, 5.41) is 0. The number of rotatable bonds is 6. The van der Waals surface area contributed by atoms with Crippen LogP contribution < -0.4 is 15.4 Å². The van der Waals surface area contributed by atoms with Gasteiger partial charge >= 0.3 is 0 Å². The van der Waals surface area contributed by atoms with Gasteiger partial charge in [-0.1, -0.05) is 19.9 Å². The Morgan fingerprint density at radius 2 is 1.88 bits per heavy atom. The van der Waals surface area contributed by atoms with Crippen LogP contribution in [0.25, 0.3) is 0 Å². The predicted molar refractivity (Wildman–Crippen MR) is 67.5 cm³/mol. The van der Waals surface area contributed by atoms with Crippen LogP contribution in [0.5, 0.6) is 11.5 Å². The van der Waals surface area contributed by atoms with E-state index in [0.29, 0.717) is 18.9 Å². The summed E-state index contributed by atoms with van der Waals surface area (Å²) in [5.41, 5.74) is 2.34. The van der Waals surface area contributed by atoms with E-state index in [1.54, 1.807) is 14.2 Å². The van der Waals surface area contributed by atoms with E-state index in [9.17, 15) is 0 Å². The molecule has 0 fully saturated rings. The minimum absolute atomic E-state index is 0.419. The molecule has 0 aliphatic heterocycles. The Morgan fingerprint density at radius 3 is 2.35 bits per heavy atom. The molecular formula is C13H21NO3. The number of ether oxygens (including phenoxy) is 2. The van der Waals surface area contributed by atoms with Gasteiger partial charge in [0, 0.05) is 12.0 Å². The lowest BCUT2D eigenvalue weighted by atomic mass is 9.94. The molecule has 1 aromatic carbocycles. The molecule has 0 saturated carbocycles. The molecule has 1 rings (SSSR count).